The Bertz CT molecular complexity index is 879. The maximum atomic E-state index is 13.3. The Kier molecular flexibility index (Phi) is 6.52. The summed E-state index contributed by atoms with van der Waals surface area (Å²) < 4.78 is 49.2. The highest BCUT2D eigenvalue weighted by molar-refractivity contribution is 6.09. The van der Waals surface area contributed by atoms with E-state index in [9.17, 15) is 27.6 Å². The minimum atomic E-state index is -4.71. The molecule has 0 bridgehead atoms. The van der Waals surface area contributed by atoms with Crippen LogP contribution in [0.1, 0.15) is 21.5 Å². The molecule has 8 nitrogen and oxygen atoms in total. The van der Waals surface area contributed by atoms with Gasteiger partial charge in [0.25, 0.3) is 5.91 Å². The number of carbonyl (C=O) groups excluding carboxylic acids is 3. The lowest BCUT2D eigenvalue weighted by Crippen LogP contribution is -2.31. The van der Waals surface area contributed by atoms with Crippen LogP contribution >= 0.6 is 0 Å². The van der Waals surface area contributed by atoms with Crippen LogP contribution in [0, 0.1) is 6.92 Å². The van der Waals surface area contributed by atoms with E-state index in [-0.39, 0.29) is 47.8 Å². The van der Waals surface area contributed by atoms with Crippen LogP contribution in [-0.2, 0) is 25.2 Å². The number of aryl methyl sites for hydroxylation is 1. The van der Waals surface area contributed by atoms with Crippen molar-refractivity contribution in [2.24, 2.45) is 0 Å². The number of amides is 1. The van der Waals surface area contributed by atoms with E-state index in [4.69, 9.17) is 5.11 Å². The van der Waals surface area contributed by atoms with Gasteiger partial charge in [-0.05, 0) is 24.6 Å². The van der Waals surface area contributed by atoms with E-state index in [1.807, 2.05) is 0 Å². The molecule has 1 amide bonds. The van der Waals surface area contributed by atoms with E-state index in [1.165, 1.54) is 6.92 Å². The van der Waals surface area contributed by atoms with Gasteiger partial charge in [-0.25, -0.2) is 9.59 Å². The van der Waals surface area contributed by atoms with Crippen LogP contribution in [0.25, 0.3) is 0 Å². The molecule has 0 saturated heterocycles. The SMILES string of the molecule is COC(=O)C1=C(Nc2cc(C(F)(F)F)c(C)cc2C(=O)OC)C(=O)N(CCO)C1. The Morgan fingerprint density at radius 2 is 1.83 bits per heavy atom. The first kappa shape index (κ1) is 22.2. The molecule has 1 aliphatic rings. The largest absolute Gasteiger partial charge is 0.466 e. The van der Waals surface area contributed by atoms with E-state index in [0.717, 1.165) is 25.2 Å². The van der Waals surface area contributed by atoms with E-state index >= 15 is 0 Å². The standard InChI is InChI=1S/C18H19F3N2O6/c1-9-6-10(16(26)28-2)13(7-12(9)18(19,20)21)22-14-11(17(27)29-3)8-23(4-5-24)15(14)25/h6-7,22,24H,4-5,8H2,1-3H3. The molecule has 1 aliphatic heterocycles. The average molecular weight is 416 g/mol. The molecule has 0 fully saturated rings. The number of hydrogen-bond acceptors (Lipinski definition) is 7. The summed E-state index contributed by atoms with van der Waals surface area (Å²) in [6, 6.07) is 1.66. The van der Waals surface area contributed by atoms with Gasteiger partial charge >= 0.3 is 18.1 Å². The first-order valence-corrected chi connectivity index (χ1v) is 8.33. The molecule has 2 N–H and O–H groups in total. The van der Waals surface area contributed by atoms with E-state index in [2.05, 4.69) is 14.8 Å². The minimum absolute atomic E-state index is 0.101. The fourth-order valence-corrected chi connectivity index (χ4v) is 2.88. The Morgan fingerprint density at radius 3 is 2.34 bits per heavy atom. The Morgan fingerprint density at radius 1 is 1.21 bits per heavy atom. The van der Waals surface area contributed by atoms with Crippen molar-refractivity contribution in [2.45, 2.75) is 13.1 Å². The predicted molar refractivity (Wildman–Crippen MR) is 93.9 cm³/mol. The number of β-amino-alcohol motifs (C(OH)–C–C–N with tert-alkyl or cyclic N) is 1. The van der Waals surface area contributed by atoms with Gasteiger partial charge < -0.3 is 24.8 Å². The zero-order chi connectivity index (χ0) is 21.9. The lowest BCUT2D eigenvalue weighted by atomic mass is 10.0. The Labute approximate surface area is 163 Å². The van der Waals surface area contributed by atoms with Gasteiger partial charge in [-0.15, -0.1) is 0 Å². The molecule has 0 radical (unpaired) electrons. The van der Waals surface area contributed by atoms with Crippen LogP contribution in [0.5, 0.6) is 0 Å². The zero-order valence-corrected chi connectivity index (χ0v) is 15.8. The van der Waals surface area contributed by atoms with Gasteiger partial charge in [-0.3, -0.25) is 4.79 Å². The van der Waals surface area contributed by atoms with Crippen molar-refractivity contribution >= 4 is 23.5 Å². The van der Waals surface area contributed by atoms with E-state index < -0.39 is 29.6 Å². The van der Waals surface area contributed by atoms with Gasteiger partial charge in [0.1, 0.15) is 5.70 Å². The van der Waals surface area contributed by atoms with Crippen molar-refractivity contribution in [1.82, 2.24) is 4.90 Å². The maximum Gasteiger partial charge on any atom is 0.416 e. The monoisotopic (exact) mass is 416 g/mol. The van der Waals surface area contributed by atoms with Crippen molar-refractivity contribution in [2.75, 3.05) is 39.2 Å². The van der Waals surface area contributed by atoms with Crippen molar-refractivity contribution < 1.29 is 42.1 Å². The smallest absolute Gasteiger partial charge is 0.416 e. The predicted octanol–water partition coefficient (Wildman–Crippen LogP) is 1.47. The van der Waals surface area contributed by atoms with Gasteiger partial charge in [0.2, 0.25) is 0 Å². The topological polar surface area (TPSA) is 105 Å². The number of aliphatic hydroxyl groups is 1. The molecule has 1 aromatic rings. The first-order chi connectivity index (χ1) is 13.5. The molecule has 29 heavy (non-hydrogen) atoms. The number of hydrogen-bond donors (Lipinski definition) is 2. The van der Waals surface area contributed by atoms with Crippen LogP contribution in [0.4, 0.5) is 18.9 Å². The number of methoxy groups -OCH3 is 2. The summed E-state index contributed by atoms with van der Waals surface area (Å²) in [5.41, 5.74) is -2.33. The Balaban J connectivity index is 2.61. The quantitative estimate of drug-likeness (QED) is 0.677. The van der Waals surface area contributed by atoms with Crippen LogP contribution in [0.3, 0.4) is 0 Å². The second-order valence-corrected chi connectivity index (χ2v) is 6.12. The third-order valence-corrected chi connectivity index (χ3v) is 4.29. The molecule has 1 aromatic carbocycles. The van der Waals surface area contributed by atoms with Crippen LogP contribution < -0.4 is 5.32 Å². The number of carbonyl (C=O) groups is 3. The molecular weight excluding hydrogens is 397 g/mol. The molecule has 0 aromatic heterocycles. The highest BCUT2D eigenvalue weighted by Crippen LogP contribution is 2.36. The highest BCUT2D eigenvalue weighted by Gasteiger charge is 2.37. The summed E-state index contributed by atoms with van der Waals surface area (Å²) in [6.07, 6.45) is -4.71. The summed E-state index contributed by atoms with van der Waals surface area (Å²) in [5, 5.41) is 11.5. The Hall–Kier alpha value is -3.08. The third-order valence-electron chi connectivity index (χ3n) is 4.29. The number of alkyl halides is 3. The van der Waals surface area contributed by atoms with Gasteiger partial charge in [0, 0.05) is 6.54 Å². The van der Waals surface area contributed by atoms with Crippen molar-refractivity contribution in [3.63, 3.8) is 0 Å². The number of esters is 2. The second kappa shape index (κ2) is 8.52. The van der Waals surface area contributed by atoms with Crippen LogP contribution in [-0.4, -0.2) is 61.8 Å². The normalized spacial score (nSPS) is 14.3. The maximum absolute atomic E-state index is 13.3. The molecule has 1 heterocycles. The summed E-state index contributed by atoms with van der Waals surface area (Å²) in [5.74, 6) is -2.53. The fraction of sp³-hybridized carbons (Fsp3) is 0.389. The first-order valence-electron chi connectivity index (χ1n) is 8.33. The highest BCUT2D eigenvalue weighted by atomic mass is 19.4. The molecular formula is C18H19F3N2O6. The molecule has 0 unspecified atom stereocenters. The number of halogens is 3. The zero-order valence-electron chi connectivity index (χ0n) is 15.8. The molecule has 0 atom stereocenters. The number of ether oxygens (including phenoxy) is 2. The van der Waals surface area contributed by atoms with Crippen LogP contribution in [0.15, 0.2) is 23.4 Å². The average Bonchev–Trinajstić information content (AvgIpc) is 2.96. The van der Waals surface area contributed by atoms with Gasteiger partial charge in [-0.1, -0.05) is 0 Å². The number of aliphatic hydroxyl groups excluding tert-OH is 1. The number of anilines is 1. The van der Waals surface area contributed by atoms with Gasteiger partial charge in [0.05, 0.1) is 49.8 Å². The number of rotatable bonds is 6. The van der Waals surface area contributed by atoms with Crippen molar-refractivity contribution in [3.05, 3.63) is 40.1 Å². The summed E-state index contributed by atoms with van der Waals surface area (Å²) in [6.45, 7) is 0.488. The third kappa shape index (κ3) is 4.50. The lowest BCUT2D eigenvalue weighted by Gasteiger charge is -2.18. The van der Waals surface area contributed by atoms with Crippen molar-refractivity contribution in [3.8, 4) is 0 Å². The number of nitrogens with zero attached hydrogens (tertiary/aromatic N) is 1. The molecule has 0 spiro atoms. The summed E-state index contributed by atoms with van der Waals surface area (Å²) in [4.78, 5) is 37.8. The number of benzene rings is 1. The molecule has 0 aliphatic carbocycles. The lowest BCUT2D eigenvalue weighted by molar-refractivity contribution is -0.138. The fourth-order valence-electron chi connectivity index (χ4n) is 2.88. The molecule has 158 valence electrons. The van der Waals surface area contributed by atoms with E-state index in [1.54, 1.807) is 0 Å². The molecule has 2 rings (SSSR count). The van der Waals surface area contributed by atoms with Crippen molar-refractivity contribution in [1.29, 1.82) is 0 Å². The van der Waals surface area contributed by atoms with Gasteiger partial charge in [-0.2, -0.15) is 13.2 Å². The minimum Gasteiger partial charge on any atom is -0.466 e. The summed E-state index contributed by atoms with van der Waals surface area (Å²) in [7, 11) is 2.14. The molecule has 0 saturated carbocycles. The van der Waals surface area contributed by atoms with Gasteiger partial charge in [0.15, 0.2) is 0 Å². The summed E-state index contributed by atoms with van der Waals surface area (Å²) >= 11 is 0. The molecule has 11 heteroatoms. The number of nitrogens with one attached hydrogen (secondary N) is 1. The van der Waals surface area contributed by atoms with E-state index in [0.29, 0.717) is 6.07 Å². The van der Waals surface area contributed by atoms with Crippen LogP contribution in [0.2, 0.25) is 0 Å². The second-order valence-electron chi connectivity index (χ2n) is 6.12.